The van der Waals surface area contributed by atoms with Crippen LogP contribution in [0.2, 0.25) is 0 Å². The van der Waals surface area contributed by atoms with E-state index in [9.17, 15) is 19.6 Å². The Morgan fingerprint density at radius 2 is 1.95 bits per heavy atom. The number of nitrogens with one attached hydrogen (secondary N) is 1. The molecule has 2 aromatic carbocycles. The molecule has 1 amide bonds. The number of carbonyl (C=O) groups excluding carboxylic acids is 1. The van der Waals surface area contributed by atoms with Crippen molar-refractivity contribution in [3.05, 3.63) is 59.4 Å². The van der Waals surface area contributed by atoms with E-state index >= 15 is 0 Å². The lowest BCUT2D eigenvalue weighted by Crippen LogP contribution is -2.51. The molecular formula is C31H36FN7O3. The smallest absolute Gasteiger partial charge is 0.251 e. The zero-order valence-corrected chi connectivity index (χ0v) is 24.1. The molecule has 2 aliphatic heterocycles. The second-order valence-corrected chi connectivity index (χ2v) is 11.2. The van der Waals surface area contributed by atoms with Gasteiger partial charge >= 0.3 is 0 Å². The number of nitrogens with zero attached hydrogens (tertiary/aromatic N) is 6. The predicted octanol–water partition coefficient (Wildman–Crippen LogP) is 3.97. The molecule has 3 aromatic rings. The van der Waals surface area contributed by atoms with Gasteiger partial charge in [-0.15, -0.1) is 0 Å². The van der Waals surface area contributed by atoms with Gasteiger partial charge in [0.2, 0.25) is 5.95 Å². The van der Waals surface area contributed by atoms with E-state index in [0.29, 0.717) is 23.3 Å². The first-order valence-corrected chi connectivity index (χ1v) is 14.3. The van der Waals surface area contributed by atoms with Gasteiger partial charge in [0.25, 0.3) is 5.91 Å². The number of likely N-dealkylation sites (tertiary alicyclic amines) is 2. The fraction of sp³-hybridized carbons (Fsp3) is 0.452. The monoisotopic (exact) mass is 573 g/mol. The highest BCUT2D eigenvalue weighted by molar-refractivity contribution is 5.80. The van der Waals surface area contributed by atoms with Gasteiger partial charge in [0.05, 0.1) is 12.1 Å². The van der Waals surface area contributed by atoms with Crippen LogP contribution in [0.1, 0.15) is 48.8 Å². The minimum absolute atomic E-state index is 0.171. The fourth-order valence-electron chi connectivity index (χ4n) is 5.66. The number of benzene rings is 2. The highest BCUT2D eigenvalue weighted by Crippen LogP contribution is 2.32. The van der Waals surface area contributed by atoms with Gasteiger partial charge in [0.1, 0.15) is 30.4 Å². The number of halogens is 1. The summed E-state index contributed by atoms with van der Waals surface area (Å²) in [6.07, 6.45) is 0.527. The van der Waals surface area contributed by atoms with Gasteiger partial charge in [-0.25, -0.2) is 14.4 Å². The summed E-state index contributed by atoms with van der Waals surface area (Å²) in [5.74, 6) is 1.07. The molecule has 3 atom stereocenters. The molecule has 0 saturated carbocycles. The number of hydrogen-bond acceptors (Lipinski definition) is 9. The molecule has 10 nitrogen and oxygen atoms in total. The highest BCUT2D eigenvalue weighted by atomic mass is 19.1. The minimum Gasteiger partial charge on any atom is -0.486 e. The lowest BCUT2D eigenvalue weighted by Gasteiger charge is -2.35. The van der Waals surface area contributed by atoms with E-state index < -0.39 is 24.3 Å². The fourth-order valence-corrected chi connectivity index (χ4v) is 5.66. The quantitative estimate of drug-likeness (QED) is 0.432. The predicted molar refractivity (Wildman–Crippen MR) is 156 cm³/mol. The topological polar surface area (TPSA) is 128 Å². The molecule has 1 unspecified atom stereocenters. The number of aliphatic hydroxyl groups is 1. The number of carbonyl (C=O) groups is 1. The van der Waals surface area contributed by atoms with Gasteiger partial charge in [-0.3, -0.25) is 4.79 Å². The maximum Gasteiger partial charge on any atom is 0.251 e. The summed E-state index contributed by atoms with van der Waals surface area (Å²) in [5, 5.41) is 22.6. The number of rotatable bonds is 7. The Morgan fingerprint density at radius 1 is 1.17 bits per heavy atom. The Balaban J connectivity index is 1.26. The lowest BCUT2D eigenvalue weighted by molar-refractivity contribution is -0.143. The maximum atomic E-state index is 14.8. The summed E-state index contributed by atoms with van der Waals surface area (Å²) in [4.78, 5) is 28.8. The van der Waals surface area contributed by atoms with Gasteiger partial charge in [-0.2, -0.15) is 10.2 Å². The van der Waals surface area contributed by atoms with E-state index in [-0.39, 0.29) is 30.8 Å². The van der Waals surface area contributed by atoms with Crippen LogP contribution >= 0.6 is 0 Å². The van der Waals surface area contributed by atoms with Crippen LogP contribution in [0.4, 0.5) is 16.0 Å². The lowest BCUT2D eigenvalue weighted by atomic mass is 9.87. The summed E-state index contributed by atoms with van der Waals surface area (Å²) in [5.41, 5.74) is 4.30. The Kier molecular flexibility index (Phi) is 8.94. The van der Waals surface area contributed by atoms with Crippen molar-refractivity contribution in [2.45, 2.75) is 57.4 Å². The number of hydrogen-bond donors (Lipinski definition) is 2. The molecule has 0 radical (unpaired) electrons. The summed E-state index contributed by atoms with van der Waals surface area (Å²) >= 11 is 0. The largest absolute Gasteiger partial charge is 0.486 e. The summed E-state index contributed by atoms with van der Waals surface area (Å²) in [6, 6.07) is 13.4. The summed E-state index contributed by atoms with van der Waals surface area (Å²) < 4.78 is 20.7. The van der Waals surface area contributed by atoms with Crippen molar-refractivity contribution >= 4 is 17.5 Å². The van der Waals surface area contributed by atoms with Crippen LogP contribution in [0.15, 0.2) is 42.7 Å². The van der Waals surface area contributed by atoms with E-state index in [1.807, 2.05) is 6.07 Å². The minimum atomic E-state index is -1.45. The van der Waals surface area contributed by atoms with Crippen LogP contribution in [0.25, 0.3) is 11.4 Å². The molecule has 1 aromatic heterocycles. The Hall–Kier alpha value is -4.14. The second-order valence-electron chi connectivity index (χ2n) is 11.2. The number of piperidine rings is 2. The maximum absolute atomic E-state index is 14.8. The van der Waals surface area contributed by atoms with Crippen LogP contribution in [0, 0.1) is 18.3 Å². The standard InChI is InChI=1S/C31H36FN7O3/c1-19-14-24(5-6-25(19)21-8-11-38(3)12-9-21)36-31-35-18-34-29(37-31)22-4-7-27(23(15-22)16-33)42-28-10-13-39(17-26(28)32)30(41)20(2)40/h4-7,14-15,18,20-21,26,28,40H,8-13,17H2,1-3H3,(H,34,35,36,37)/t20-,26+,28?/m0/s1. The van der Waals surface area contributed by atoms with E-state index in [1.165, 1.54) is 29.3 Å². The Morgan fingerprint density at radius 3 is 2.64 bits per heavy atom. The van der Waals surface area contributed by atoms with Crippen LogP contribution in [0.5, 0.6) is 5.75 Å². The van der Waals surface area contributed by atoms with Crippen molar-refractivity contribution in [3.8, 4) is 23.2 Å². The number of aryl methyl sites for hydroxylation is 1. The van der Waals surface area contributed by atoms with Crippen molar-refractivity contribution in [1.82, 2.24) is 24.8 Å². The third kappa shape index (κ3) is 6.66. The van der Waals surface area contributed by atoms with Gasteiger partial charge in [-0.05, 0) is 94.2 Å². The normalized spacial score (nSPS) is 20.5. The SMILES string of the molecule is Cc1cc(Nc2ncnc(-c3ccc(OC4CCN(C(=O)[C@H](C)O)C[C@H]4F)c(C#N)c3)n2)ccc1C1CCN(C)CC1. The number of nitriles is 1. The number of ether oxygens (including phenoxy) is 1. The number of amides is 1. The van der Waals surface area contributed by atoms with E-state index in [1.54, 1.807) is 18.2 Å². The molecule has 0 aliphatic carbocycles. The number of aliphatic hydroxyl groups excluding tert-OH is 1. The van der Waals surface area contributed by atoms with Crippen LogP contribution < -0.4 is 10.1 Å². The van der Waals surface area contributed by atoms with Crippen molar-refractivity contribution in [1.29, 1.82) is 5.26 Å². The number of anilines is 2. The molecular weight excluding hydrogens is 537 g/mol. The van der Waals surface area contributed by atoms with Crippen LogP contribution in [0.3, 0.4) is 0 Å². The molecule has 3 heterocycles. The van der Waals surface area contributed by atoms with Gasteiger partial charge < -0.3 is 25.0 Å². The summed E-state index contributed by atoms with van der Waals surface area (Å²) in [7, 11) is 2.17. The molecule has 2 fully saturated rings. The second kappa shape index (κ2) is 12.8. The number of aromatic nitrogens is 3. The molecule has 2 saturated heterocycles. The van der Waals surface area contributed by atoms with Gasteiger partial charge in [0.15, 0.2) is 12.0 Å². The third-order valence-electron chi connectivity index (χ3n) is 8.04. The van der Waals surface area contributed by atoms with Crippen LogP contribution in [-0.4, -0.2) is 87.4 Å². The Labute approximate surface area is 245 Å². The molecule has 220 valence electrons. The first kappa shape index (κ1) is 29.4. The van der Waals surface area contributed by atoms with E-state index in [0.717, 1.165) is 31.6 Å². The number of alkyl halides is 1. The van der Waals surface area contributed by atoms with Crippen molar-refractivity contribution < 1.29 is 19.0 Å². The van der Waals surface area contributed by atoms with Gasteiger partial charge in [-0.1, -0.05) is 6.07 Å². The average molecular weight is 574 g/mol. The van der Waals surface area contributed by atoms with E-state index in [2.05, 4.69) is 57.3 Å². The molecule has 5 rings (SSSR count). The van der Waals surface area contributed by atoms with Crippen molar-refractivity contribution in [2.75, 3.05) is 38.5 Å². The molecule has 0 spiro atoms. The van der Waals surface area contributed by atoms with Crippen molar-refractivity contribution in [3.63, 3.8) is 0 Å². The highest BCUT2D eigenvalue weighted by Gasteiger charge is 2.34. The van der Waals surface area contributed by atoms with Crippen molar-refractivity contribution in [2.24, 2.45) is 0 Å². The first-order valence-electron chi connectivity index (χ1n) is 14.3. The zero-order chi connectivity index (χ0) is 29.8. The molecule has 42 heavy (non-hydrogen) atoms. The Bertz CT molecular complexity index is 1470. The zero-order valence-electron chi connectivity index (χ0n) is 24.1. The molecule has 2 aliphatic rings. The molecule has 0 bridgehead atoms. The van der Waals surface area contributed by atoms with E-state index in [4.69, 9.17) is 4.74 Å². The summed E-state index contributed by atoms with van der Waals surface area (Å²) in [6.45, 7) is 5.81. The van der Waals surface area contributed by atoms with Crippen LogP contribution in [-0.2, 0) is 4.79 Å². The molecule has 2 N–H and O–H groups in total. The molecule has 11 heteroatoms. The van der Waals surface area contributed by atoms with Gasteiger partial charge in [0, 0.05) is 24.2 Å². The average Bonchev–Trinajstić information content (AvgIpc) is 2.98. The third-order valence-corrected chi connectivity index (χ3v) is 8.04. The first-order chi connectivity index (χ1) is 20.2.